The average molecular weight is 398 g/mol. The van der Waals surface area contributed by atoms with Crippen LogP contribution < -0.4 is 5.32 Å². The van der Waals surface area contributed by atoms with E-state index < -0.39 is 11.7 Å². The van der Waals surface area contributed by atoms with Crippen LogP contribution in [0.5, 0.6) is 0 Å². The summed E-state index contributed by atoms with van der Waals surface area (Å²) in [5.74, 6) is 0.572. The van der Waals surface area contributed by atoms with E-state index in [4.69, 9.17) is 23.2 Å². The molecule has 0 aliphatic carbocycles. The Hall–Kier alpha value is -2.18. The van der Waals surface area contributed by atoms with Crippen LogP contribution in [-0.4, -0.2) is 16.3 Å². The summed E-state index contributed by atoms with van der Waals surface area (Å²) in [6.45, 7) is 0.642. The smallest absolute Gasteiger partial charge is 0.369 e. The molecule has 0 radical (unpaired) electrons. The van der Waals surface area contributed by atoms with Gasteiger partial charge in [-0.1, -0.05) is 35.3 Å². The van der Waals surface area contributed by atoms with Crippen LogP contribution in [0.4, 0.5) is 19.0 Å². The third kappa shape index (κ3) is 2.93. The van der Waals surface area contributed by atoms with E-state index in [9.17, 15) is 13.2 Å². The third-order valence-electron chi connectivity index (χ3n) is 4.26. The number of hydrogen-bond donors (Lipinski definition) is 1. The van der Waals surface area contributed by atoms with Gasteiger partial charge >= 0.3 is 6.18 Å². The summed E-state index contributed by atoms with van der Waals surface area (Å²) in [6.07, 6.45) is -3.86. The molecule has 0 atom stereocenters. The number of benzene rings is 2. The second-order valence-electron chi connectivity index (χ2n) is 5.93. The van der Waals surface area contributed by atoms with Crippen molar-refractivity contribution in [3.8, 4) is 16.9 Å². The van der Waals surface area contributed by atoms with Crippen LogP contribution in [0.25, 0.3) is 16.9 Å². The molecule has 0 unspecified atom stereocenters. The van der Waals surface area contributed by atoms with Gasteiger partial charge in [0.25, 0.3) is 0 Å². The number of rotatable bonds is 2. The first-order valence-electron chi connectivity index (χ1n) is 7.83. The van der Waals surface area contributed by atoms with E-state index in [1.165, 1.54) is 16.8 Å². The quantitative estimate of drug-likeness (QED) is 0.589. The second kappa shape index (κ2) is 6.21. The lowest BCUT2D eigenvalue weighted by molar-refractivity contribution is -0.137. The minimum absolute atomic E-state index is 0.0239. The van der Waals surface area contributed by atoms with Crippen LogP contribution >= 0.6 is 23.2 Å². The predicted octanol–water partition coefficient (Wildman–Crippen LogP) is 5.83. The summed E-state index contributed by atoms with van der Waals surface area (Å²) < 4.78 is 41.8. The number of anilines is 1. The number of halogens is 5. The van der Waals surface area contributed by atoms with Crippen molar-refractivity contribution in [2.24, 2.45) is 0 Å². The molecule has 0 amide bonds. The zero-order chi connectivity index (χ0) is 18.5. The van der Waals surface area contributed by atoms with Crippen molar-refractivity contribution in [3.63, 3.8) is 0 Å². The average Bonchev–Trinajstić information content (AvgIpc) is 3.18. The molecule has 8 heteroatoms. The molecule has 4 rings (SSSR count). The Balaban J connectivity index is 1.92. The highest BCUT2D eigenvalue weighted by Gasteiger charge is 2.36. The van der Waals surface area contributed by atoms with E-state index in [2.05, 4.69) is 10.4 Å². The molecule has 0 bridgehead atoms. The number of hydrogen-bond acceptors (Lipinski definition) is 2. The molecular weight excluding hydrogens is 386 g/mol. The summed E-state index contributed by atoms with van der Waals surface area (Å²) >= 11 is 11.7. The van der Waals surface area contributed by atoms with Crippen molar-refractivity contribution in [2.75, 3.05) is 11.9 Å². The summed E-state index contributed by atoms with van der Waals surface area (Å²) in [5, 5.41) is 8.22. The van der Waals surface area contributed by atoms with Crippen molar-refractivity contribution < 1.29 is 13.2 Å². The molecule has 134 valence electrons. The standard InChI is InChI=1S/C18H12Cl2F3N3/c19-11-3-1-10(2-4-11)16-13-7-8-24-17(13)26(25-16)15-6-5-12(20)9-14(15)18(21,22)23/h1-6,9,24H,7-8H2. The molecule has 0 fully saturated rings. The molecule has 1 N–H and O–H groups in total. The molecule has 26 heavy (non-hydrogen) atoms. The lowest BCUT2D eigenvalue weighted by atomic mass is 10.1. The Morgan fingerprint density at radius 3 is 2.38 bits per heavy atom. The molecule has 1 aliphatic heterocycles. The fourth-order valence-corrected chi connectivity index (χ4v) is 3.41. The van der Waals surface area contributed by atoms with Gasteiger partial charge in [-0.05, 0) is 36.8 Å². The number of nitrogens with one attached hydrogen (secondary N) is 1. The van der Waals surface area contributed by atoms with Crippen LogP contribution in [0.15, 0.2) is 42.5 Å². The lowest BCUT2D eigenvalue weighted by Crippen LogP contribution is -2.13. The van der Waals surface area contributed by atoms with Crippen molar-refractivity contribution in [3.05, 3.63) is 63.6 Å². The Bertz CT molecular complexity index is 979. The molecule has 0 saturated carbocycles. The van der Waals surface area contributed by atoms with Crippen LogP contribution in [0.3, 0.4) is 0 Å². The largest absolute Gasteiger partial charge is 0.418 e. The van der Waals surface area contributed by atoms with E-state index in [0.29, 0.717) is 29.5 Å². The third-order valence-corrected chi connectivity index (χ3v) is 4.75. The first-order valence-corrected chi connectivity index (χ1v) is 8.59. The lowest BCUT2D eigenvalue weighted by Gasteiger charge is -2.15. The maximum Gasteiger partial charge on any atom is 0.418 e. The molecule has 1 aliphatic rings. The van der Waals surface area contributed by atoms with Crippen LogP contribution in [-0.2, 0) is 12.6 Å². The molecule has 3 aromatic rings. The van der Waals surface area contributed by atoms with Crippen LogP contribution in [0, 0.1) is 0 Å². The van der Waals surface area contributed by atoms with Gasteiger partial charge in [-0.25, -0.2) is 4.68 Å². The Labute approximate surface area is 157 Å². The van der Waals surface area contributed by atoms with Crippen molar-refractivity contribution in [1.29, 1.82) is 0 Å². The fraction of sp³-hybridized carbons (Fsp3) is 0.167. The van der Waals surface area contributed by atoms with Crippen molar-refractivity contribution in [2.45, 2.75) is 12.6 Å². The molecule has 0 saturated heterocycles. The Kier molecular flexibility index (Phi) is 4.12. The van der Waals surface area contributed by atoms with Gasteiger partial charge in [0.15, 0.2) is 0 Å². The van der Waals surface area contributed by atoms with Gasteiger partial charge < -0.3 is 5.32 Å². The number of fused-ring (bicyclic) bond motifs is 1. The second-order valence-corrected chi connectivity index (χ2v) is 6.80. The minimum Gasteiger partial charge on any atom is -0.369 e. The Morgan fingerprint density at radius 2 is 1.69 bits per heavy atom. The Morgan fingerprint density at radius 1 is 1.00 bits per heavy atom. The van der Waals surface area contributed by atoms with Gasteiger partial charge in [0.05, 0.1) is 16.9 Å². The molecular formula is C18H12Cl2F3N3. The SMILES string of the molecule is FC(F)(F)c1cc(Cl)ccc1-n1nc(-c2ccc(Cl)cc2)c2c1NCC2. The molecule has 2 aromatic carbocycles. The first kappa shape index (κ1) is 17.2. The molecule has 0 spiro atoms. The van der Waals surface area contributed by atoms with E-state index in [1.54, 1.807) is 24.3 Å². The summed E-state index contributed by atoms with van der Waals surface area (Å²) in [7, 11) is 0. The van der Waals surface area contributed by atoms with Gasteiger partial charge in [-0.15, -0.1) is 0 Å². The van der Waals surface area contributed by atoms with E-state index in [1.807, 2.05) is 0 Å². The molecule has 2 heterocycles. The van der Waals surface area contributed by atoms with E-state index in [0.717, 1.165) is 17.2 Å². The van der Waals surface area contributed by atoms with Gasteiger partial charge in [0.2, 0.25) is 0 Å². The zero-order valence-electron chi connectivity index (χ0n) is 13.2. The van der Waals surface area contributed by atoms with Gasteiger partial charge in [-0.2, -0.15) is 18.3 Å². The van der Waals surface area contributed by atoms with Gasteiger partial charge in [0.1, 0.15) is 5.82 Å². The van der Waals surface area contributed by atoms with Gasteiger partial charge in [0, 0.05) is 27.7 Å². The number of nitrogens with zero attached hydrogens (tertiary/aromatic N) is 2. The first-order chi connectivity index (χ1) is 12.3. The number of aromatic nitrogens is 2. The summed E-state index contributed by atoms with van der Waals surface area (Å²) in [6, 6.07) is 10.8. The highest BCUT2D eigenvalue weighted by atomic mass is 35.5. The van der Waals surface area contributed by atoms with Crippen LogP contribution in [0.2, 0.25) is 10.0 Å². The monoisotopic (exact) mass is 397 g/mol. The predicted molar refractivity (Wildman–Crippen MR) is 96.2 cm³/mol. The fourth-order valence-electron chi connectivity index (χ4n) is 3.11. The van der Waals surface area contributed by atoms with Crippen LogP contribution in [0.1, 0.15) is 11.1 Å². The number of alkyl halides is 3. The van der Waals surface area contributed by atoms with E-state index >= 15 is 0 Å². The molecule has 3 nitrogen and oxygen atoms in total. The zero-order valence-corrected chi connectivity index (χ0v) is 14.8. The highest BCUT2D eigenvalue weighted by molar-refractivity contribution is 6.31. The minimum atomic E-state index is -4.54. The maximum atomic E-state index is 13.5. The summed E-state index contributed by atoms with van der Waals surface area (Å²) in [4.78, 5) is 0. The maximum absolute atomic E-state index is 13.5. The van der Waals surface area contributed by atoms with Crippen molar-refractivity contribution in [1.82, 2.24) is 9.78 Å². The van der Waals surface area contributed by atoms with E-state index in [-0.39, 0.29) is 10.7 Å². The highest BCUT2D eigenvalue weighted by Crippen LogP contribution is 2.40. The molecule has 1 aromatic heterocycles. The normalized spacial score (nSPS) is 13.6. The topological polar surface area (TPSA) is 29.9 Å². The summed E-state index contributed by atoms with van der Waals surface area (Å²) in [5.41, 5.74) is 1.44. The van der Waals surface area contributed by atoms with Gasteiger partial charge in [-0.3, -0.25) is 0 Å². The van der Waals surface area contributed by atoms with Crippen molar-refractivity contribution >= 4 is 29.0 Å².